The van der Waals surface area contributed by atoms with Crippen LogP contribution < -0.4 is 20.7 Å². The second-order valence-corrected chi connectivity index (χ2v) is 10.5. The first-order valence-corrected chi connectivity index (χ1v) is 12.1. The van der Waals surface area contributed by atoms with E-state index in [2.05, 4.69) is 16.0 Å². The quantitative estimate of drug-likeness (QED) is 0.667. The van der Waals surface area contributed by atoms with E-state index in [1.807, 2.05) is 12.1 Å². The Hall–Kier alpha value is -2.24. The van der Waals surface area contributed by atoms with E-state index < -0.39 is 0 Å². The third kappa shape index (κ3) is 4.53. The van der Waals surface area contributed by atoms with E-state index in [0.29, 0.717) is 5.56 Å². The molecule has 1 aromatic carbocycles. The van der Waals surface area contributed by atoms with Crippen molar-refractivity contribution in [2.45, 2.75) is 81.9 Å². The van der Waals surface area contributed by atoms with E-state index in [-0.39, 0.29) is 29.6 Å². The van der Waals surface area contributed by atoms with Crippen LogP contribution in [0.1, 0.15) is 74.6 Å². The molecule has 5 aliphatic rings. The van der Waals surface area contributed by atoms with Gasteiger partial charge in [-0.3, -0.25) is 4.79 Å². The number of rotatable bonds is 5. The Kier molecular flexibility index (Phi) is 5.57. The summed E-state index contributed by atoms with van der Waals surface area (Å²) in [5.74, 6) is 3.22. The predicted octanol–water partition coefficient (Wildman–Crippen LogP) is 4.00. The van der Waals surface area contributed by atoms with Crippen molar-refractivity contribution in [2.24, 2.45) is 17.8 Å². The number of benzene rings is 1. The molecule has 0 unspecified atom stereocenters. The molecular formula is C25H35N3O3. The fourth-order valence-corrected chi connectivity index (χ4v) is 7.07. The van der Waals surface area contributed by atoms with Gasteiger partial charge < -0.3 is 20.7 Å². The van der Waals surface area contributed by atoms with Gasteiger partial charge in [-0.25, -0.2) is 4.79 Å². The molecule has 31 heavy (non-hydrogen) atoms. The van der Waals surface area contributed by atoms with Crippen LogP contribution in [0.15, 0.2) is 24.3 Å². The van der Waals surface area contributed by atoms with Crippen LogP contribution in [0, 0.1) is 17.8 Å². The van der Waals surface area contributed by atoms with Crippen LogP contribution in [0.25, 0.3) is 0 Å². The lowest BCUT2D eigenvalue weighted by molar-refractivity contribution is -0.0138. The summed E-state index contributed by atoms with van der Waals surface area (Å²) >= 11 is 0. The van der Waals surface area contributed by atoms with Crippen molar-refractivity contribution in [1.82, 2.24) is 16.0 Å². The zero-order chi connectivity index (χ0) is 21.4. The summed E-state index contributed by atoms with van der Waals surface area (Å²) in [7, 11) is 1.63. The van der Waals surface area contributed by atoms with E-state index in [0.717, 1.165) is 49.2 Å². The number of urea groups is 1. The fraction of sp³-hybridized carbons (Fsp3) is 0.680. The van der Waals surface area contributed by atoms with Crippen LogP contribution in [0.2, 0.25) is 0 Å². The first-order valence-electron chi connectivity index (χ1n) is 12.1. The maximum absolute atomic E-state index is 12.8. The largest absolute Gasteiger partial charge is 0.490 e. The molecule has 5 aliphatic carbocycles. The van der Waals surface area contributed by atoms with Gasteiger partial charge in [-0.05, 0) is 106 Å². The van der Waals surface area contributed by atoms with Gasteiger partial charge in [-0.2, -0.15) is 0 Å². The summed E-state index contributed by atoms with van der Waals surface area (Å²) in [6, 6.07) is 7.55. The van der Waals surface area contributed by atoms with Gasteiger partial charge in [0, 0.05) is 24.2 Å². The number of hydrogen-bond acceptors (Lipinski definition) is 3. The third-order valence-electron chi connectivity index (χ3n) is 8.07. The Morgan fingerprint density at radius 1 is 0.903 bits per heavy atom. The molecule has 0 heterocycles. The topological polar surface area (TPSA) is 79.5 Å². The van der Waals surface area contributed by atoms with Gasteiger partial charge in [0.15, 0.2) is 0 Å². The Morgan fingerprint density at radius 3 is 2.03 bits per heavy atom. The second kappa shape index (κ2) is 8.36. The van der Waals surface area contributed by atoms with Gasteiger partial charge in [0.05, 0.1) is 6.10 Å². The molecule has 0 aliphatic heterocycles. The zero-order valence-corrected chi connectivity index (χ0v) is 18.5. The van der Waals surface area contributed by atoms with E-state index in [4.69, 9.17) is 4.74 Å². The van der Waals surface area contributed by atoms with E-state index in [9.17, 15) is 9.59 Å². The Balaban J connectivity index is 1.07. The molecule has 4 bridgehead atoms. The highest BCUT2D eigenvalue weighted by molar-refractivity contribution is 5.94. The summed E-state index contributed by atoms with van der Waals surface area (Å²) < 4.78 is 6.11. The average molecular weight is 426 g/mol. The van der Waals surface area contributed by atoms with Gasteiger partial charge in [0.25, 0.3) is 5.91 Å². The maximum atomic E-state index is 12.8. The van der Waals surface area contributed by atoms with Gasteiger partial charge in [0.1, 0.15) is 5.75 Å². The minimum atomic E-state index is -0.0926. The summed E-state index contributed by atoms with van der Waals surface area (Å²) in [6.45, 7) is 0. The van der Waals surface area contributed by atoms with Crippen LogP contribution in [0.5, 0.6) is 5.75 Å². The Labute approximate surface area is 184 Å². The molecule has 1 aromatic rings. The summed E-state index contributed by atoms with van der Waals surface area (Å²) in [4.78, 5) is 24.4. The average Bonchev–Trinajstić information content (AvgIpc) is 2.73. The molecule has 3 N–H and O–H groups in total. The van der Waals surface area contributed by atoms with Crippen molar-refractivity contribution in [3.63, 3.8) is 0 Å². The highest BCUT2D eigenvalue weighted by Gasteiger charge is 2.51. The first-order chi connectivity index (χ1) is 15.0. The highest BCUT2D eigenvalue weighted by Crippen LogP contribution is 2.55. The molecule has 0 saturated heterocycles. The van der Waals surface area contributed by atoms with Crippen molar-refractivity contribution in [1.29, 1.82) is 0 Å². The van der Waals surface area contributed by atoms with Crippen molar-refractivity contribution in [2.75, 3.05) is 7.05 Å². The van der Waals surface area contributed by atoms with Crippen molar-refractivity contribution < 1.29 is 14.3 Å². The number of amides is 3. The number of carbonyl (C=O) groups excluding carboxylic acids is 2. The van der Waals surface area contributed by atoms with Crippen LogP contribution >= 0.6 is 0 Å². The molecule has 168 valence electrons. The highest BCUT2D eigenvalue weighted by atomic mass is 16.5. The van der Waals surface area contributed by atoms with Crippen LogP contribution in [-0.4, -0.2) is 36.7 Å². The standard InChI is InChI=1S/C25H35N3O3/c1-26-23(29)19-2-6-21(7-3-19)31-22-8-4-20(5-9-22)27-24(30)28-25-13-16-10-17(14-25)12-18(11-16)15-25/h2-3,6-7,16-18,20,22H,4-5,8-15H2,1H3,(H,26,29)(H2,27,28,30). The number of nitrogens with one attached hydrogen (secondary N) is 3. The number of carbonyl (C=O) groups is 2. The van der Waals surface area contributed by atoms with Crippen LogP contribution in [-0.2, 0) is 0 Å². The second-order valence-electron chi connectivity index (χ2n) is 10.5. The SMILES string of the molecule is CNC(=O)c1ccc(OC2CCC(NC(=O)NC34CC5CC(CC(C5)C3)C4)CC2)cc1. The lowest BCUT2D eigenvalue weighted by Crippen LogP contribution is -2.62. The molecule has 0 atom stereocenters. The zero-order valence-electron chi connectivity index (χ0n) is 18.5. The Morgan fingerprint density at radius 2 is 1.48 bits per heavy atom. The normalized spacial score (nSPS) is 36.0. The molecule has 5 saturated carbocycles. The van der Waals surface area contributed by atoms with Gasteiger partial charge >= 0.3 is 6.03 Å². The molecule has 6 heteroatoms. The molecular weight excluding hydrogens is 390 g/mol. The van der Waals surface area contributed by atoms with Crippen LogP contribution in [0.4, 0.5) is 4.79 Å². The molecule has 3 amide bonds. The fourth-order valence-electron chi connectivity index (χ4n) is 7.07. The molecule has 6 rings (SSSR count). The minimum Gasteiger partial charge on any atom is -0.490 e. The number of ether oxygens (including phenoxy) is 1. The molecule has 6 nitrogen and oxygen atoms in total. The molecule has 5 fully saturated rings. The van der Waals surface area contributed by atoms with Gasteiger partial charge in [-0.1, -0.05) is 0 Å². The van der Waals surface area contributed by atoms with E-state index in [1.54, 1.807) is 19.2 Å². The smallest absolute Gasteiger partial charge is 0.315 e. The summed E-state index contributed by atoms with van der Waals surface area (Å²) in [6.07, 6.45) is 11.6. The number of hydrogen-bond donors (Lipinski definition) is 3. The van der Waals surface area contributed by atoms with Crippen molar-refractivity contribution >= 4 is 11.9 Å². The minimum absolute atomic E-state index is 0.0381. The van der Waals surface area contributed by atoms with Gasteiger partial charge in [-0.15, -0.1) is 0 Å². The van der Waals surface area contributed by atoms with Crippen LogP contribution in [0.3, 0.4) is 0 Å². The first kappa shape index (κ1) is 20.7. The summed E-state index contributed by atoms with van der Waals surface area (Å²) in [5, 5.41) is 9.31. The summed E-state index contributed by atoms with van der Waals surface area (Å²) in [5.41, 5.74) is 0.702. The monoisotopic (exact) mass is 425 g/mol. The maximum Gasteiger partial charge on any atom is 0.315 e. The molecule has 0 radical (unpaired) electrons. The lowest BCUT2D eigenvalue weighted by Gasteiger charge is -2.56. The molecule has 0 spiro atoms. The predicted molar refractivity (Wildman–Crippen MR) is 119 cm³/mol. The molecule has 0 aromatic heterocycles. The van der Waals surface area contributed by atoms with E-state index in [1.165, 1.54) is 38.5 Å². The van der Waals surface area contributed by atoms with E-state index >= 15 is 0 Å². The van der Waals surface area contributed by atoms with Gasteiger partial charge in [0.2, 0.25) is 0 Å². The lowest BCUT2D eigenvalue weighted by atomic mass is 9.53. The van der Waals surface area contributed by atoms with Crippen molar-refractivity contribution in [3.8, 4) is 5.75 Å². The Bertz CT molecular complexity index is 779. The van der Waals surface area contributed by atoms with Crippen molar-refractivity contribution in [3.05, 3.63) is 29.8 Å². The third-order valence-corrected chi connectivity index (χ3v) is 8.07.